The van der Waals surface area contributed by atoms with Gasteiger partial charge < -0.3 is 9.72 Å². The number of aryl methyl sites for hydroxylation is 1. The summed E-state index contributed by atoms with van der Waals surface area (Å²) in [6.45, 7) is 6.93. The Hall–Kier alpha value is -2.92. The summed E-state index contributed by atoms with van der Waals surface area (Å²) >= 11 is 1.69. The molecule has 2 aromatic heterocycles. The van der Waals surface area contributed by atoms with Gasteiger partial charge in [0, 0.05) is 10.4 Å². The quantitative estimate of drug-likeness (QED) is 0.399. The average Bonchev–Trinajstić information content (AvgIpc) is 3.12. The third-order valence-corrected chi connectivity index (χ3v) is 7.38. The fourth-order valence-corrected chi connectivity index (χ4v) is 5.69. The van der Waals surface area contributed by atoms with Crippen LogP contribution in [0.3, 0.4) is 0 Å². The number of nitrogens with zero attached hydrogens (tertiary/aromatic N) is 1. The second kappa shape index (κ2) is 7.65. The molecule has 0 amide bonds. The smallest absolute Gasteiger partial charge is 0.260 e. The molecule has 1 aliphatic carbocycles. The number of benzene rings is 2. The zero-order chi connectivity index (χ0) is 21.6. The Morgan fingerprint density at radius 2 is 1.84 bits per heavy atom. The minimum absolute atomic E-state index is 0.0407. The Kier molecular flexibility index (Phi) is 4.94. The van der Waals surface area contributed by atoms with Crippen LogP contribution in [-0.2, 0) is 12.8 Å². The number of H-pyrrole nitrogens is 1. The van der Waals surface area contributed by atoms with Gasteiger partial charge in [0.15, 0.2) is 0 Å². The van der Waals surface area contributed by atoms with E-state index in [0.717, 1.165) is 40.8 Å². The predicted octanol–water partition coefficient (Wildman–Crippen LogP) is 6.59. The monoisotopic (exact) mass is 430 g/mol. The lowest BCUT2D eigenvalue weighted by Crippen LogP contribution is -2.26. The van der Waals surface area contributed by atoms with Gasteiger partial charge in [-0.15, -0.1) is 11.3 Å². The van der Waals surface area contributed by atoms with Crippen LogP contribution >= 0.6 is 11.3 Å². The number of fused-ring (bicyclic) bond motifs is 3. The molecular weight excluding hydrogens is 404 g/mol. The van der Waals surface area contributed by atoms with Crippen LogP contribution in [0.2, 0.25) is 0 Å². The number of hydrogen-bond donors (Lipinski definition) is 1. The number of aromatic amines is 1. The molecule has 2 heterocycles. The van der Waals surface area contributed by atoms with Crippen molar-refractivity contribution in [1.82, 2.24) is 9.97 Å². The van der Waals surface area contributed by atoms with Crippen molar-refractivity contribution in [1.29, 1.82) is 0 Å². The summed E-state index contributed by atoms with van der Waals surface area (Å²) in [6, 6.07) is 17.4. The van der Waals surface area contributed by atoms with E-state index in [9.17, 15) is 4.79 Å². The standard InChI is InChI=1S/C26H26N2O2S/c1-26(2,3)17-12-13-20-21(15-17)31-25-22(20)24(29)27-23(28-25)16-8-7-11-19(14-16)30-18-9-5-4-6-10-18/h4-11,14,17H,12-13,15H2,1-3H3,(H,27,28,29). The summed E-state index contributed by atoms with van der Waals surface area (Å²) in [5.41, 5.74) is 2.28. The average molecular weight is 431 g/mol. The lowest BCUT2D eigenvalue weighted by Gasteiger charge is -2.33. The SMILES string of the molecule is CC(C)(C)C1CCc2c(sc3nc(-c4cccc(Oc5ccccc5)c4)[nH]c(=O)c23)C1. The highest BCUT2D eigenvalue weighted by molar-refractivity contribution is 7.18. The molecular formula is C26H26N2O2S. The normalized spacial score (nSPS) is 16.3. The predicted molar refractivity (Wildman–Crippen MR) is 127 cm³/mol. The molecule has 5 heteroatoms. The molecule has 2 aromatic carbocycles. The van der Waals surface area contributed by atoms with Crippen LogP contribution in [0.15, 0.2) is 59.4 Å². The highest BCUT2D eigenvalue weighted by atomic mass is 32.1. The van der Waals surface area contributed by atoms with E-state index >= 15 is 0 Å². The lowest BCUT2D eigenvalue weighted by molar-refractivity contribution is 0.218. The molecule has 5 rings (SSSR count). The van der Waals surface area contributed by atoms with Crippen LogP contribution in [0.1, 0.15) is 37.6 Å². The van der Waals surface area contributed by atoms with E-state index < -0.39 is 0 Å². The summed E-state index contributed by atoms with van der Waals surface area (Å²) in [6.07, 6.45) is 3.12. The van der Waals surface area contributed by atoms with E-state index in [-0.39, 0.29) is 11.0 Å². The summed E-state index contributed by atoms with van der Waals surface area (Å²) in [5.74, 6) is 2.71. The molecule has 0 radical (unpaired) electrons. The van der Waals surface area contributed by atoms with Crippen LogP contribution in [0.5, 0.6) is 11.5 Å². The van der Waals surface area contributed by atoms with Crippen LogP contribution in [0.4, 0.5) is 0 Å². The fourth-order valence-electron chi connectivity index (χ4n) is 4.39. The number of thiophene rings is 1. The molecule has 0 saturated heterocycles. The van der Waals surface area contributed by atoms with Crippen molar-refractivity contribution in [2.24, 2.45) is 11.3 Å². The van der Waals surface area contributed by atoms with Crippen molar-refractivity contribution in [2.75, 3.05) is 0 Å². The van der Waals surface area contributed by atoms with Crippen molar-refractivity contribution < 1.29 is 4.74 Å². The maximum atomic E-state index is 13.0. The number of hydrogen-bond acceptors (Lipinski definition) is 4. The molecule has 1 unspecified atom stereocenters. The van der Waals surface area contributed by atoms with Gasteiger partial charge in [-0.25, -0.2) is 4.98 Å². The van der Waals surface area contributed by atoms with Gasteiger partial charge in [0.25, 0.3) is 5.56 Å². The van der Waals surface area contributed by atoms with Gasteiger partial charge in [0.1, 0.15) is 22.2 Å². The highest BCUT2D eigenvalue weighted by Gasteiger charge is 2.31. The van der Waals surface area contributed by atoms with E-state index in [1.807, 2.05) is 54.6 Å². The van der Waals surface area contributed by atoms with Crippen LogP contribution < -0.4 is 10.3 Å². The maximum absolute atomic E-state index is 13.0. The number of nitrogens with one attached hydrogen (secondary N) is 1. The van der Waals surface area contributed by atoms with E-state index in [1.54, 1.807) is 11.3 Å². The molecule has 1 N–H and O–H groups in total. The summed E-state index contributed by atoms with van der Waals surface area (Å²) < 4.78 is 5.95. The topological polar surface area (TPSA) is 55.0 Å². The minimum atomic E-state index is -0.0407. The Bertz CT molecular complexity index is 1300. The Labute approximate surface area is 185 Å². The molecule has 0 spiro atoms. The van der Waals surface area contributed by atoms with E-state index in [0.29, 0.717) is 17.5 Å². The molecule has 0 aliphatic heterocycles. The van der Waals surface area contributed by atoms with Gasteiger partial charge in [-0.05, 0) is 60.4 Å². The zero-order valence-electron chi connectivity index (χ0n) is 18.1. The van der Waals surface area contributed by atoms with E-state index in [4.69, 9.17) is 9.72 Å². The third kappa shape index (κ3) is 3.90. The Morgan fingerprint density at radius 3 is 2.61 bits per heavy atom. The Balaban J connectivity index is 1.51. The van der Waals surface area contributed by atoms with Gasteiger partial charge in [-0.1, -0.05) is 51.1 Å². The van der Waals surface area contributed by atoms with Gasteiger partial charge >= 0.3 is 0 Å². The molecule has 1 atom stereocenters. The molecule has 0 bridgehead atoms. The number of para-hydroxylation sites is 1. The first-order valence-electron chi connectivity index (χ1n) is 10.8. The second-order valence-corrected chi connectivity index (χ2v) is 10.4. The van der Waals surface area contributed by atoms with Crippen molar-refractivity contribution in [3.8, 4) is 22.9 Å². The molecule has 0 saturated carbocycles. The first kappa shape index (κ1) is 20.0. The first-order valence-corrected chi connectivity index (χ1v) is 11.6. The van der Waals surface area contributed by atoms with Crippen LogP contribution in [0, 0.1) is 11.3 Å². The fraction of sp³-hybridized carbons (Fsp3) is 0.308. The van der Waals surface area contributed by atoms with Crippen LogP contribution in [0.25, 0.3) is 21.6 Å². The lowest BCUT2D eigenvalue weighted by atomic mass is 9.72. The summed E-state index contributed by atoms with van der Waals surface area (Å²) in [7, 11) is 0. The van der Waals surface area contributed by atoms with Crippen LogP contribution in [-0.4, -0.2) is 9.97 Å². The van der Waals surface area contributed by atoms with Gasteiger partial charge in [-0.2, -0.15) is 0 Å². The number of aromatic nitrogens is 2. The second-order valence-electron chi connectivity index (χ2n) is 9.35. The first-order chi connectivity index (χ1) is 14.9. The molecule has 4 nitrogen and oxygen atoms in total. The van der Waals surface area contributed by atoms with Gasteiger partial charge in [0.2, 0.25) is 0 Å². The number of rotatable bonds is 3. The van der Waals surface area contributed by atoms with Crippen molar-refractivity contribution in [2.45, 2.75) is 40.0 Å². The highest BCUT2D eigenvalue weighted by Crippen LogP contribution is 2.42. The molecule has 4 aromatic rings. The van der Waals surface area contributed by atoms with Gasteiger partial charge in [-0.3, -0.25) is 4.79 Å². The molecule has 158 valence electrons. The third-order valence-electron chi connectivity index (χ3n) is 6.23. The maximum Gasteiger partial charge on any atom is 0.260 e. The van der Waals surface area contributed by atoms with Crippen molar-refractivity contribution >= 4 is 21.6 Å². The summed E-state index contributed by atoms with van der Waals surface area (Å²) in [5, 5.41) is 0.785. The minimum Gasteiger partial charge on any atom is -0.457 e. The van der Waals surface area contributed by atoms with Crippen molar-refractivity contribution in [3.63, 3.8) is 0 Å². The zero-order valence-corrected chi connectivity index (χ0v) is 18.9. The van der Waals surface area contributed by atoms with Crippen molar-refractivity contribution in [3.05, 3.63) is 75.4 Å². The molecule has 31 heavy (non-hydrogen) atoms. The molecule has 0 fully saturated rings. The number of ether oxygens (including phenoxy) is 1. The summed E-state index contributed by atoms with van der Waals surface area (Å²) in [4.78, 5) is 23.1. The van der Waals surface area contributed by atoms with E-state index in [1.165, 1.54) is 10.4 Å². The largest absolute Gasteiger partial charge is 0.457 e. The van der Waals surface area contributed by atoms with Gasteiger partial charge in [0.05, 0.1) is 5.39 Å². The Morgan fingerprint density at radius 1 is 1.06 bits per heavy atom. The van der Waals surface area contributed by atoms with E-state index in [2.05, 4.69) is 25.8 Å². The molecule has 1 aliphatic rings.